The fourth-order valence-electron chi connectivity index (χ4n) is 2.41. The normalized spacial score (nSPS) is 16.5. The summed E-state index contributed by atoms with van der Waals surface area (Å²) in [5, 5.41) is 3.32. The lowest BCUT2D eigenvalue weighted by Gasteiger charge is -2.27. The molecule has 1 aromatic carbocycles. The predicted molar refractivity (Wildman–Crippen MR) is 78.7 cm³/mol. The fourth-order valence-corrected chi connectivity index (χ4v) is 2.41. The van der Waals surface area contributed by atoms with Crippen LogP contribution in [0.5, 0.6) is 0 Å². The van der Waals surface area contributed by atoms with E-state index in [1.54, 1.807) is 29.2 Å². The Morgan fingerprint density at radius 3 is 2.65 bits per heavy atom. The molecule has 20 heavy (non-hydrogen) atoms. The van der Waals surface area contributed by atoms with Crippen LogP contribution in [0.1, 0.15) is 18.4 Å². The van der Waals surface area contributed by atoms with Gasteiger partial charge in [-0.05, 0) is 55.6 Å². The number of hydrogen-bond acceptors (Lipinski definition) is 2. The zero-order chi connectivity index (χ0) is 14.4. The Labute approximate surface area is 119 Å². The molecule has 0 bridgehead atoms. The van der Waals surface area contributed by atoms with Crippen LogP contribution in [-0.4, -0.2) is 37.5 Å². The lowest BCUT2D eigenvalue weighted by atomic mass is 9.98. The summed E-state index contributed by atoms with van der Waals surface area (Å²) in [6.07, 6.45) is 5.52. The number of likely N-dealkylation sites (N-methyl/N-ethyl adjacent to an activating group) is 1. The SMILES string of the molecule is CN(CC1CCNCC1)C(=O)C=Cc1ccc(F)cc1. The molecule has 1 aliphatic heterocycles. The molecule has 108 valence electrons. The topological polar surface area (TPSA) is 32.3 Å². The number of nitrogens with one attached hydrogen (secondary N) is 1. The molecule has 0 aromatic heterocycles. The van der Waals surface area contributed by atoms with Gasteiger partial charge < -0.3 is 10.2 Å². The number of nitrogens with zero attached hydrogens (tertiary/aromatic N) is 1. The summed E-state index contributed by atoms with van der Waals surface area (Å²) in [5.74, 6) is 0.314. The molecule has 0 unspecified atom stereocenters. The van der Waals surface area contributed by atoms with Crippen LogP contribution in [0.15, 0.2) is 30.3 Å². The molecule has 0 radical (unpaired) electrons. The van der Waals surface area contributed by atoms with Crippen LogP contribution in [0.25, 0.3) is 6.08 Å². The van der Waals surface area contributed by atoms with Gasteiger partial charge in [0.15, 0.2) is 0 Å². The maximum Gasteiger partial charge on any atom is 0.246 e. The Bertz CT molecular complexity index is 464. The minimum atomic E-state index is -0.267. The molecule has 1 aromatic rings. The summed E-state index contributed by atoms with van der Waals surface area (Å²) in [6.45, 7) is 2.88. The van der Waals surface area contributed by atoms with Crippen molar-refractivity contribution in [2.75, 3.05) is 26.7 Å². The molecule has 1 saturated heterocycles. The first-order valence-electron chi connectivity index (χ1n) is 7.04. The van der Waals surface area contributed by atoms with Gasteiger partial charge in [-0.25, -0.2) is 4.39 Å². The van der Waals surface area contributed by atoms with Crippen molar-refractivity contribution in [3.8, 4) is 0 Å². The third-order valence-corrected chi connectivity index (χ3v) is 3.66. The standard InChI is InChI=1S/C16H21FN2O/c1-19(12-14-8-10-18-11-9-14)16(20)7-4-13-2-5-15(17)6-3-13/h2-7,14,18H,8-12H2,1H3. The molecular weight excluding hydrogens is 255 g/mol. The zero-order valence-electron chi connectivity index (χ0n) is 11.8. The molecule has 1 amide bonds. The fraction of sp³-hybridized carbons (Fsp3) is 0.438. The van der Waals surface area contributed by atoms with Gasteiger partial charge >= 0.3 is 0 Å². The number of halogens is 1. The number of carbonyl (C=O) groups excluding carboxylic acids is 1. The summed E-state index contributed by atoms with van der Waals surface area (Å²) in [6, 6.07) is 6.10. The van der Waals surface area contributed by atoms with Gasteiger partial charge in [-0.3, -0.25) is 4.79 Å². The van der Waals surface area contributed by atoms with Crippen molar-refractivity contribution >= 4 is 12.0 Å². The molecule has 1 N–H and O–H groups in total. The van der Waals surface area contributed by atoms with Crippen LogP contribution in [0.4, 0.5) is 4.39 Å². The quantitative estimate of drug-likeness (QED) is 0.856. The average Bonchev–Trinajstić information content (AvgIpc) is 2.47. The van der Waals surface area contributed by atoms with Crippen LogP contribution in [0.2, 0.25) is 0 Å². The molecule has 4 heteroatoms. The van der Waals surface area contributed by atoms with Crippen molar-refractivity contribution in [2.24, 2.45) is 5.92 Å². The van der Waals surface area contributed by atoms with Gasteiger partial charge in [-0.15, -0.1) is 0 Å². The van der Waals surface area contributed by atoms with Gasteiger partial charge in [0.05, 0.1) is 0 Å². The molecule has 0 atom stereocenters. The van der Waals surface area contributed by atoms with E-state index in [-0.39, 0.29) is 11.7 Å². The van der Waals surface area contributed by atoms with E-state index in [0.29, 0.717) is 5.92 Å². The Morgan fingerprint density at radius 2 is 2.00 bits per heavy atom. The molecule has 2 rings (SSSR count). The van der Waals surface area contributed by atoms with E-state index < -0.39 is 0 Å². The van der Waals surface area contributed by atoms with Crippen LogP contribution < -0.4 is 5.32 Å². The molecule has 0 spiro atoms. The van der Waals surface area contributed by atoms with Crippen LogP contribution >= 0.6 is 0 Å². The van der Waals surface area contributed by atoms with E-state index in [4.69, 9.17) is 0 Å². The van der Waals surface area contributed by atoms with E-state index in [2.05, 4.69) is 5.32 Å². The lowest BCUT2D eigenvalue weighted by Crippen LogP contribution is -2.36. The van der Waals surface area contributed by atoms with Crippen LogP contribution in [0, 0.1) is 11.7 Å². The van der Waals surface area contributed by atoms with E-state index in [0.717, 1.165) is 38.0 Å². The van der Waals surface area contributed by atoms with Gasteiger partial charge in [-0.1, -0.05) is 12.1 Å². The van der Waals surface area contributed by atoms with Gasteiger partial charge in [0.1, 0.15) is 5.82 Å². The first-order chi connectivity index (χ1) is 9.65. The molecule has 1 heterocycles. The number of piperidine rings is 1. The zero-order valence-corrected chi connectivity index (χ0v) is 11.8. The van der Waals surface area contributed by atoms with Gasteiger partial charge in [0, 0.05) is 19.7 Å². The molecule has 1 aliphatic rings. The summed E-state index contributed by atoms with van der Waals surface area (Å²) in [4.78, 5) is 13.8. The van der Waals surface area contributed by atoms with Crippen molar-refractivity contribution in [1.29, 1.82) is 0 Å². The minimum Gasteiger partial charge on any atom is -0.342 e. The third-order valence-electron chi connectivity index (χ3n) is 3.66. The van der Waals surface area contributed by atoms with Crippen molar-refractivity contribution in [3.05, 3.63) is 41.7 Å². The van der Waals surface area contributed by atoms with E-state index >= 15 is 0 Å². The summed E-state index contributed by atoms with van der Waals surface area (Å²) in [5.41, 5.74) is 0.829. The molecule has 1 fully saturated rings. The van der Waals surface area contributed by atoms with Gasteiger partial charge in [0.25, 0.3) is 0 Å². The average molecular weight is 276 g/mol. The highest BCUT2D eigenvalue weighted by Gasteiger charge is 2.16. The first-order valence-corrected chi connectivity index (χ1v) is 7.04. The Kier molecular flexibility index (Phi) is 5.30. The van der Waals surface area contributed by atoms with Crippen molar-refractivity contribution in [3.63, 3.8) is 0 Å². The molecule has 0 saturated carbocycles. The second-order valence-corrected chi connectivity index (χ2v) is 5.30. The highest BCUT2D eigenvalue weighted by molar-refractivity contribution is 5.91. The number of hydrogen-bond donors (Lipinski definition) is 1. The number of benzene rings is 1. The molecular formula is C16H21FN2O. The predicted octanol–water partition coefficient (Wildman–Crippen LogP) is 2.30. The molecule has 0 aliphatic carbocycles. The second kappa shape index (κ2) is 7.20. The summed E-state index contributed by atoms with van der Waals surface area (Å²) < 4.78 is 12.8. The van der Waals surface area contributed by atoms with Gasteiger partial charge in [-0.2, -0.15) is 0 Å². The van der Waals surface area contributed by atoms with Crippen LogP contribution in [0.3, 0.4) is 0 Å². The summed E-state index contributed by atoms with van der Waals surface area (Å²) in [7, 11) is 1.83. The maximum absolute atomic E-state index is 12.8. The van der Waals surface area contributed by atoms with E-state index in [1.165, 1.54) is 12.1 Å². The third kappa shape index (κ3) is 4.46. The van der Waals surface area contributed by atoms with Crippen molar-refractivity contribution < 1.29 is 9.18 Å². The van der Waals surface area contributed by atoms with E-state index in [9.17, 15) is 9.18 Å². The van der Waals surface area contributed by atoms with Crippen LogP contribution in [-0.2, 0) is 4.79 Å². The largest absolute Gasteiger partial charge is 0.342 e. The smallest absolute Gasteiger partial charge is 0.246 e. The van der Waals surface area contributed by atoms with Gasteiger partial charge in [0.2, 0.25) is 5.91 Å². The van der Waals surface area contributed by atoms with Crippen molar-refractivity contribution in [2.45, 2.75) is 12.8 Å². The number of rotatable bonds is 4. The lowest BCUT2D eigenvalue weighted by molar-refractivity contribution is -0.125. The highest BCUT2D eigenvalue weighted by Crippen LogP contribution is 2.13. The summed E-state index contributed by atoms with van der Waals surface area (Å²) >= 11 is 0. The monoisotopic (exact) mass is 276 g/mol. The van der Waals surface area contributed by atoms with Crippen molar-refractivity contribution in [1.82, 2.24) is 10.2 Å². The molecule has 3 nitrogen and oxygen atoms in total. The maximum atomic E-state index is 12.8. The highest BCUT2D eigenvalue weighted by atomic mass is 19.1. The number of amides is 1. The minimum absolute atomic E-state index is 0.00661. The number of carbonyl (C=O) groups is 1. The Morgan fingerprint density at radius 1 is 1.35 bits per heavy atom. The second-order valence-electron chi connectivity index (χ2n) is 5.30. The Hall–Kier alpha value is -1.68. The Balaban J connectivity index is 1.85. The first kappa shape index (κ1) is 14.7. The van der Waals surface area contributed by atoms with E-state index in [1.807, 2.05) is 7.05 Å².